The minimum absolute atomic E-state index is 0.895. The molecule has 0 bridgehead atoms. The van der Waals surface area contributed by atoms with E-state index in [2.05, 4.69) is 32.6 Å². The molecule has 1 heteroatoms. The summed E-state index contributed by atoms with van der Waals surface area (Å²) in [6, 6.07) is 0.895. The van der Waals surface area contributed by atoms with Crippen LogP contribution in [0, 0.1) is 11.8 Å². The maximum atomic E-state index is 2.89. The van der Waals surface area contributed by atoms with E-state index in [1.807, 2.05) is 0 Å². The van der Waals surface area contributed by atoms with Gasteiger partial charge in [-0.1, -0.05) is 79.1 Å². The molecule has 1 fully saturated rings. The minimum atomic E-state index is 0.895. The largest absolute Gasteiger partial charge is 0.300 e. The van der Waals surface area contributed by atoms with Crippen LogP contribution < -0.4 is 0 Å². The molecular weight excluding hydrogens is 266 g/mol. The van der Waals surface area contributed by atoms with E-state index < -0.39 is 0 Å². The Morgan fingerprint density at radius 1 is 0.864 bits per heavy atom. The highest BCUT2D eigenvalue weighted by Gasteiger charge is 2.26. The fraction of sp³-hybridized carbons (Fsp3) is 1.00. The van der Waals surface area contributed by atoms with Crippen molar-refractivity contribution in [1.29, 1.82) is 0 Å². The smallest absolute Gasteiger partial charge is 0.00980 e. The van der Waals surface area contributed by atoms with Gasteiger partial charge in [-0.15, -0.1) is 0 Å². The summed E-state index contributed by atoms with van der Waals surface area (Å²) in [5.41, 5.74) is 0. The molecule has 0 aromatic rings. The van der Waals surface area contributed by atoms with Gasteiger partial charge in [0, 0.05) is 12.6 Å². The Hall–Kier alpha value is -0.0400. The predicted molar refractivity (Wildman–Crippen MR) is 100 cm³/mol. The van der Waals surface area contributed by atoms with Gasteiger partial charge in [0.15, 0.2) is 0 Å². The van der Waals surface area contributed by atoms with Gasteiger partial charge in [-0.05, 0) is 44.1 Å². The first-order valence-electron chi connectivity index (χ1n) is 10.5. The average Bonchev–Trinajstić information content (AvgIpc) is 2.56. The van der Waals surface area contributed by atoms with Gasteiger partial charge in [-0.25, -0.2) is 0 Å². The van der Waals surface area contributed by atoms with Gasteiger partial charge in [-0.2, -0.15) is 0 Å². The maximum absolute atomic E-state index is 2.89. The number of piperidine rings is 1. The highest BCUT2D eigenvalue weighted by atomic mass is 15.2. The standard InChI is InChI=1S/C21H43N/c1-5-9-13-19(7-3)17-21-15-11-12-16-22(21)18-20(8-4)14-10-6-2/h19-21H,5-18H2,1-4H3. The van der Waals surface area contributed by atoms with Crippen molar-refractivity contribution in [2.24, 2.45) is 11.8 Å². The Morgan fingerprint density at radius 2 is 1.50 bits per heavy atom. The molecule has 3 unspecified atom stereocenters. The number of likely N-dealkylation sites (tertiary alicyclic amines) is 1. The third-order valence-corrected chi connectivity index (χ3v) is 5.93. The van der Waals surface area contributed by atoms with Crippen LogP contribution in [-0.2, 0) is 0 Å². The molecule has 1 aliphatic heterocycles. The molecule has 0 spiro atoms. The summed E-state index contributed by atoms with van der Waals surface area (Å²) in [6.45, 7) is 12.2. The highest BCUT2D eigenvalue weighted by molar-refractivity contribution is 4.81. The van der Waals surface area contributed by atoms with Crippen molar-refractivity contribution in [3.05, 3.63) is 0 Å². The van der Waals surface area contributed by atoms with Gasteiger partial charge >= 0.3 is 0 Å². The zero-order valence-electron chi connectivity index (χ0n) is 16.1. The fourth-order valence-corrected chi connectivity index (χ4v) is 4.18. The van der Waals surface area contributed by atoms with E-state index in [1.165, 1.54) is 90.1 Å². The monoisotopic (exact) mass is 309 g/mol. The Kier molecular flexibility index (Phi) is 11.3. The molecule has 22 heavy (non-hydrogen) atoms. The quantitative estimate of drug-likeness (QED) is 0.389. The van der Waals surface area contributed by atoms with Crippen LogP contribution in [0.25, 0.3) is 0 Å². The van der Waals surface area contributed by atoms with Crippen molar-refractivity contribution in [3.63, 3.8) is 0 Å². The summed E-state index contributed by atoms with van der Waals surface area (Å²) in [4.78, 5) is 2.89. The molecular formula is C21H43N. The summed E-state index contributed by atoms with van der Waals surface area (Å²) >= 11 is 0. The summed E-state index contributed by atoms with van der Waals surface area (Å²) < 4.78 is 0. The molecule has 0 N–H and O–H groups in total. The third-order valence-electron chi connectivity index (χ3n) is 5.93. The normalized spacial score (nSPS) is 22.6. The number of hydrogen-bond acceptors (Lipinski definition) is 1. The second-order valence-corrected chi connectivity index (χ2v) is 7.71. The minimum Gasteiger partial charge on any atom is -0.300 e. The molecule has 0 radical (unpaired) electrons. The number of nitrogens with zero attached hydrogens (tertiary/aromatic N) is 1. The molecule has 1 aliphatic rings. The van der Waals surface area contributed by atoms with Crippen LogP contribution in [0.3, 0.4) is 0 Å². The first-order chi connectivity index (χ1) is 10.7. The lowest BCUT2D eigenvalue weighted by atomic mass is 9.87. The lowest BCUT2D eigenvalue weighted by Gasteiger charge is -2.39. The molecule has 0 aliphatic carbocycles. The number of rotatable bonds is 12. The molecule has 1 nitrogen and oxygen atoms in total. The Balaban J connectivity index is 2.50. The Bertz CT molecular complexity index is 224. The van der Waals surface area contributed by atoms with Crippen LogP contribution in [0.5, 0.6) is 0 Å². The zero-order chi connectivity index (χ0) is 16.2. The predicted octanol–water partition coefficient (Wildman–Crippen LogP) is 6.66. The van der Waals surface area contributed by atoms with Crippen LogP contribution in [0.2, 0.25) is 0 Å². The van der Waals surface area contributed by atoms with Crippen LogP contribution in [0.1, 0.15) is 105 Å². The molecule has 132 valence electrons. The van der Waals surface area contributed by atoms with E-state index in [-0.39, 0.29) is 0 Å². The van der Waals surface area contributed by atoms with Crippen molar-refractivity contribution in [2.45, 2.75) is 111 Å². The molecule has 0 aromatic carbocycles. The van der Waals surface area contributed by atoms with Gasteiger partial charge in [0.1, 0.15) is 0 Å². The van der Waals surface area contributed by atoms with Gasteiger partial charge in [0.05, 0.1) is 0 Å². The summed E-state index contributed by atoms with van der Waals surface area (Å²) in [5, 5.41) is 0. The number of hydrogen-bond donors (Lipinski definition) is 0. The maximum Gasteiger partial charge on any atom is 0.00980 e. The van der Waals surface area contributed by atoms with E-state index >= 15 is 0 Å². The molecule has 0 saturated carbocycles. The highest BCUT2D eigenvalue weighted by Crippen LogP contribution is 2.28. The lowest BCUT2D eigenvalue weighted by Crippen LogP contribution is -2.43. The summed E-state index contributed by atoms with van der Waals surface area (Å²) in [7, 11) is 0. The fourth-order valence-electron chi connectivity index (χ4n) is 4.18. The molecule has 0 aromatic heterocycles. The van der Waals surface area contributed by atoms with Crippen LogP contribution in [0.4, 0.5) is 0 Å². The topological polar surface area (TPSA) is 3.24 Å². The van der Waals surface area contributed by atoms with E-state index in [4.69, 9.17) is 0 Å². The van der Waals surface area contributed by atoms with Crippen molar-refractivity contribution in [1.82, 2.24) is 4.90 Å². The first-order valence-corrected chi connectivity index (χ1v) is 10.5. The lowest BCUT2D eigenvalue weighted by molar-refractivity contribution is 0.0990. The average molecular weight is 310 g/mol. The van der Waals surface area contributed by atoms with E-state index in [0.29, 0.717) is 0 Å². The van der Waals surface area contributed by atoms with Crippen LogP contribution >= 0.6 is 0 Å². The molecule has 3 atom stereocenters. The van der Waals surface area contributed by atoms with Gasteiger partial charge in [-0.3, -0.25) is 0 Å². The molecule has 1 saturated heterocycles. The second-order valence-electron chi connectivity index (χ2n) is 7.71. The van der Waals surface area contributed by atoms with Gasteiger partial charge in [0.25, 0.3) is 0 Å². The van der Waals surface area contributed by atoms with E-state index in [0.717, 1.165) is 17.9 Å². The molecule has 0 amide bonds. The first kappa shape index (κ1) is 20.0. The van der Waals surface area contributed by atoms with Crippen molar-refractivity contribution in [3.8, 4) is 0 Å². The van der Waals surface area contributed by atoms with Gasteiger partial charge < -0.3 is 4.90 Å². The molecule has 1 rings (SSSR count). The molecule has 1 heterocycles. The van der Waals surface area contributed by atoms with Crippen LogP contribution in [0.15, 0.2) is 0 Å². The summed E-state index contributed by atoms with van der Waals surface area (Å²) in [5.74, 6) is 1.91. The van der Waals surface area contributed by atoms with E-state index in [9.17, 15) is 0 Å². The Labute approximate surface area is 141 Å². The van der Waals surface area contributed by atoms with E-state index in [1.54, 1.807) is 0 Å². The Morgan fingerprint density at radius 3 is 2.09 bits per heavy atom. The third kappa shape index (κ3) is 7.49. The van der Waals surface area contributed by atoms with Gasteiger partial charge in [0.2, 0.25) is 0 Å². The van der Waals surface area contributed by atoms with Crippen molar-refractivity contribution in [2.75, 3.05) is 13.1 Å². The van der Waals surface area contributed by atoms with Crippen molar-refractivity contribution < 1.29 is 0 Å². The summed E-state index contributed by atoms with van der Waals surface area (Å²) in [6.07, 6.45) is 17.1. The van der Waals surface area contributed by atoms with Crippen LogP contribution in [-0.4, -0.2) is 24.0 Å². The zero-order valence-corrected chi connectivity index (χ0v) is 16.1. The number of unbranched alkanes of at least 4 members (excludes halogenated alkanes) is 2. The second kappa shape index (κ2) is 12.4. The SMILES string of the molecule is CCCCC(CC)CC1CCCCN1CC(CC)CCCC. The van der Waals surface area contributed by atoms with Crippen molar-refractivity contribution >= 4 is 0 Å².